The van der Waals surface area contributed by atoms with Crippen LogP contribution in [0.1, 0.15) is 5.56 Å². The molecule has 0 aliphatic carbocycles. The number of hydrogen-bond donors (Lipinski definition) is 2. The fraction of sp³-hybridized carbons (Fsp3) is 0.0909. The van der Waals surface area contributed by atoms with Gasteiger partial charge in [-0.2, -0.15) is 0 Å². The van der Waals surface area contributed by atoms with Crippen molar-refractivity contribution in [3.8, 4) is 17.4 Å². The molecule has 0 aliphatic heterocycles. The first-order valence-corrected chi connectivity index (χ1v) is 5.31. The summed E-state index contributed by atoms with van der Waals surface area (Å²) in [6.45, 7) is 1.69. The second-order valence-corrected chi connectivity index (χ2v) is 4.35. The van der Waals surface area contributed by atoms with E-state index in [0.717, 1.165) is 0 Å². The van der Waals surface area contributed by atoms with Crippen molar-refractivity contribution in [3.63, 3.8) is 0 Å². The monoisotopic (exact) mass is 257 g/mol. The summed E-state index contributed by atoms with van der Waals surface area (Å²) in [4.78, 5) is 0. The van der Waals surface area contributed by atoms with Crippen molar-refractivity contribution >= 4 is 23.2 Å². The van der Waals surface area contributed by atoms with Crippen molar-refractivity contribution in [2.75, 3.05) is 0 Å². The molecule has 2 N–H and O–H groups in total. The Kier molecular flexibility index (Phi) is 2.74. The van der Waals surface area contributed by atoms with E-state index in [1.807, 2.05) is 0 Å². The summed E-state index contributed by atoms with van der Waals surface area (Å²) in [6, 6.07) is 6.25. The van der Waals surface area contributed by atoms with Crippen LogP contribution < -0.4 is 0 Å². The van der Waals surface area contributed by atoms with Gasteiger partial charge in [-0.1, -0.05) is 23.2 Å². The zero-order chi connectivity index (χ0) is 11.9. The van der Waals surface area contributed by atoms with Crippen molar-refractivity contribution in [1.29, 1.82) is 0 Å². The van der Waals surface area contributed by atoms with Gasteiger partial charge in [0.2, 0.25) is 5.88 Å². The van der Waals surface area contributed by atoms with Crippen LogP contribution >= 0.6 is 23.2 Å². The lowest BCUT2D eigenvalue weighted by Crippen LogP contribution is -1.92. The molecule has 0 spiro atoms. The molecular weight excluding hydrogens is 249 g/mol. The SMILES string of the molecule is Cc1cc(O)n(-c2cc(Cl)cc(Cl)c2)c1O. The van der Waals surface area contributed by atoms with Gasteiger partial charge in [0.1, 0.15) is 0 Å². The van der Waals surface area contributed by atoms with Crippen LogP contribution in [0.5, 0.6) is 11.8 Å². The first-order valence-electron chi connectivity index (χ1n) is 4.56. The van der Waals surface area contributed by atoms with Crippen LogP contribution in [0.3, 0.4) is 0 Å². The second kappa shape index (κ2) is 3.92. The third-order valence-corrected chi connectivity index (χ3v) is 2.68. The van der Waals surface area contributed by atoms with Gasteiger partial charge in [-0.25, -0.2) is 0 Å². The van der Waals surface area contributed by atoms with Gasteiger partial charge in [0.05, 0.1) is 5.69 Å². The zero-order valence-electron chi connectivity index (χ0n) is 8.41. The van der Waals surface area contributed by atoms with Gasteiger partial charge in [0.25, 0.3) is 0 Å². The number of aryl methyl sites for hydroxylation is 1. The molecule has 0 bridgehead atoms. The third-order valence-electron chi connectivity index (χ3n) is 2.24. The first-order chi connectivity index (χ1) is 7.49. The number of halogens is 2. The van der Waals surface area contributed by atoms with E-state index in [1.165, 1.54) is 10.6 Å². The normalized spacial score (nSPS) is 10.7. The molecule has 1 heterocycles. The molecule has 3 nitrogen and oxygen atoms in total. The van der Waals surface area contributed by atoms with E-state index >= 15 is 0 Å². The number of hydrogen-bond acceptors (Lipinski definition) is 2. The highest BCUT2D eigenvalue weighted by molar-refractivity contribution is 6.34. The molecule has 0 aliphatic rings. The molecule has 84 valence electrons. The Bertz CT molecular complexity index is 529. The number of aromatic nitrogens is 1. The minimum Gasteiger partial charge on any atom is -0.494 e. The highest BCUT2D eigenvalue weighted by atomic mass is 35.5. The van der Waals surface area contributed by atoms with Crippen molar-refractivity contribution < 1.29 is 10.2 Å². The molecule has 0 fully saturated rings. The smallest absolute Gasteiger partial charge is 0.201 e. The average Bonchev–Trinajstić information content (AvgIpc) is 2.39. The number of nitrogens with zero attached hydrogens (tertiary/aromatic N) is 1. The molecular formula is C11H9Cl2NO2. The fourth-order valence-electron chi connectivity index (χ4n) is 1.53. The van der Waals surface area contributed by atoms with Crippen LogP contribution in [0.15, 0.2) is 24.3 Å². The van der Waals surface area contributed by atoms with Gasteiger partial charge in [0, 0.05) is 21.7 Å². The lowest BCUT2D eigenvalue weighted by atomic mass is 10.3. The van der Waals surface area contributed by atoms with Crippen molar-refractivity contribution in [3.05, 3.63) is 39.9 Å². The number of rotatable bonds is 1. The summed E-state index contributed by atoms with van der Waals surface area (Å²) in [6.07, 6.45) is 0. The van der Waals surface area contributed by atoms with E-state index in [2.05, 4.69) is 0 Å². The Morgan fingerprint density at radius 2 is 1.56 bits per heavy atom. The van der Waals surface area contributed by atoms with Crippen LogP contribution in [0, 0.1) is 6.92 Å². The molecule has 1 aromatic carbocycles. The average molecular weight is 258 g/mol. The quantitative estimate of drug-likeness (QED) is 0.822. The molecule has 5 heteroatoms. The van der Waals surface area contributed by atoms with E-state index in [1.54, 1.807) is 25.1 Å². The van der Waals surface area contributed by atoms with E-state index in [4.69, 9.17) is 23.2 Å². The molecule has 0 amide bonds. The van der Waals surface area contributed by atoms with Gasteiger partial charge in [-0.15, -0.1) is 0 Å². The van der Waals surface area contributed by atoms with E-state index in [9.17, 15) is 10.2 Å². The summed E-state index contributed by atoms with van der Waals surface area (Å²) >= 11 is 11.7. The predicted molar refractivity (Wildman–Crippen MR) is 63.9 cm³/mol. The largest absolute Gasteiger partial charge is 0.494 e. The Morgan fingerprint density at radius 1 is 1.00 bits per heavy atom. The van der Waals surface area contributed by atoms with Gasteiger partial charge in [-0.3, -0.25) is 4.57 Å². The maximum Gasteiger partial charge on any atom is 0.201 e. The maximum atomic E-state index is 9.77. The van der Waals surface area contributed by atoms with Crippen molar-refractivity contribution in [2.24, 2.45) is 0 Å². The molecule has 0 saturated carbocycles. The number of aromatic hydroxyl groups is 2. The molecule has 0 atom stereocenters. The summed E-state index contributed by atoms with van der Waals surface area (Å²) in [5.74, 6) is -0.0934. The minimum absolute atomic E-state index is 0.0316. The summed E-state index contributed by atoms with van der Waals surface area (Å²) in [5, 5.41) is 20.3. The fourth-order valence-corrected chi connectivity index (χ4v) is 2.05. The zero-order valence-corrected chi connectivity index (χ0v) is 9.92. The van der Waals surface area contributed by atoms with Gasteiger partial charge >= 0.3 is 0 Å². The van der Waals surface area contributed by atoms with Crippen molar-refractivity contribution in [1.82, 2.24) is 4.57 Å². The molecule has 16 heavy (non-hydrogen) atoms. The molecule has 0 saturated heterocycles. The Morgan fingerprint density at radius 3 is 2.00 bits per heavy atom. The Balaban J connectivity index is 2.67. The van der Waals surface area contributed by atoms with Crippen molar-refractivity contribution in [2.45, 2.75) is 6.92 Å². The minimum atomic E-state index is -0.0617. The third kappa shape index (κ3) is 1.84. The van der Waals surface area contributed by atoms with Gasteiger partial charge < -0.3 is 10.2 Å². The Labute approximate surface area is 102 Å². The second-order valence-electron chi connectivity index (χ2n) is 3.47. The van der Waals surface area contributed by atoms with Gasteiger partial charge in [0.15, 0.2) is 5.88 Å². The molecule has 0 radical (unpaired) electrons. The van der Waals surface area contributed by atoms with Gasteiger partial charge in [-0.05, 0) is 25.1 Å². The Hall–Kier alpha value is -1.32. The van der Waals surface area contributed by atoms with Crippen LogP contribution in [0.2, 0.25) is 10.0 Å². The molecule has 1 aromatic heterocycles. The van der Waals surface area contributed by atoms with Crippen LogP contribution in [-0.4, -0.2) is 14.8 Å². The predicted octanol–water partition coefficient (Wildman–Crippen LogP) is 3.50. The lowest BCUT2D eigenvalue weighted by molar-refractivity contribution is 0.401. The molecule has 0 unspecified atom stereocenters. The van der Waals surface area contributed by atoms with Crippen LogP contribution in [0.4, 0.5) is 0 Å². The lowest BCUT2D eigenvalue weighted by Gasteiger charge is -2.08. The standard InChI is InChI=1S/C11H9Cl2NO2/c1-6-2-10(15)14(11(6)16)9-4-7(12)3-8(13)5-9/h2-5,15-16H,1H3. The highest BCUT2D eigenvalue weighted by Crippen LogP contribution is 2.33. The first kappa shape index (κ1) is 11.2. The maximum absolute atomic E-state index is 9.77. The van der Waals surface area contributed by atoms with Crippen LogP contribution in [0.25, 0.3) is 5.69 Å². The van der Waals surface area contributed by atoms with E-state index in [0.29, 0.717) is 21.3 Å². The van der Waals surface area contributed by atoms with Crippen LogP contribution in [-0.2, 0) is 0 Å². The molecule has 2 aromatic rings. The number of benzene rings is 1. The summed E-state index contributed by atoms with van der Waals surface area (Å²) < 4.78 is 1.27. The molecule has 2 rings (SSSR count). The summed E-state index contributed by atoms with van der Waals surface area (Å²) in [7, 11) is 0. The van der Waals surface area contributed by atoms with E-state index in [-0.39, 0.29) is 11.8 Å². The van der Waals surface area contributed by atoms with E-state index < -0.39 is 0 Å². The summed E-state index contributed by atoms with van der Waals surface area (Å²) in [5.41, 5.74) is 1.09. The highest BCUT2D eigenvalue weighted by Gasteiger charge is 2.13. The topological polar surface area (TPSA) is 45.4 Å².